The molecule has 5 heteroatoms. The van der Waals surface area contributed by atoms with Crippen LogP contribution in [0.1, 0.15) is 16.1 Å². The molecule has 0 aliphatic heterocycles. The number of halogens is 1. The molecule has 0 aliphatic rings. The van der Waals surface area contributed by atoms with Gasteiger partial charge in [-0.1, -0.05) is 0 Å². The second-order valence-electron chi connectivity index (χ2n) is 2.43. The number of aromatic carboxylic acids is 1. The van der Waals surface area contributed by atoms with Crippen molar-refractivity contribution in [1.82, 2.24) is 4.98 Å². The van der Waals surface area contributed by atoms with E-state index in [0.29, 0.717) is 5.69 Å². The lowest BCUT2D eigenvalue weighted by Crippen LogP contribution is -2.03. The van der Waals surface area contributed by atoms with Crippen molar-refractivity contribution in [1.29, 1.82) is 0 Å². The highest BCUT2D eigenvalue weighted by Gasteiger charge is 2.08. The number of anilines is 1. The summed E-state index contributed by atoms with van der Waals surface area (Å²) < 4.78 is 0. The summed E-state index contributed by atoms with van der Waals surface area (Å²) in [7, 11) is 1.68. The molecule has 1 aromatic heterocycles. The van der Waals surface area contributed by atoms with Crippen LogP contribution < -0.4 is 5.32 Å². The van der Waals surface area contributed by atoms with Gasteiger partial charge in [0, 0.05) is 18.9 Å². The fourth-order valence-corrected chi connectivity index (χ4v) is 0.937. The van der Waals surface area contributed by atoms with Gasteiger partial charge >= 0.3 is 5.97 Å². The van der Waals surface area contributed by atoms with Gasteiger partial charge in [0.1, 0.15) is 5.56 Å². The minimum absolute atomic E-state index is 0. The Bertz CT molecular complexity index is 315. The number of aromatic nitrogens is 1. The maximum absolute atomic E-state index is 10.6. The van der Waals surface area contributed by atoms with Gasteiger partial charge in [-0.25, -0.2) is 4.79 Å². The Morgan fingerprint density at radius 1 is 1.62 bits per heavy atom. The molecule has 0 radical (unpaired) electrons. The molecule has 0 unspecified atom stereocenters. The van der Waals surface area contributed by atoms with E-state index >= 15 is 0 Å². The van der Waals surface area contributed by atoms with Crippen molar-refractivity contribution in [3.63, 3.8) is 0 Å². The van der Waals surface area contributed by atoms with Gasteiger partial charge in [0.2, 0.25) is 0 Å². The number of carboxylic acid groups (broad SMARTS) is 1. The van der Waals surface area contributed by atoms with Gasteiger partial charge in [-0.2, -0.15) is 0 Å². The Kier molecular flexibility index (Phi) is 4.20. The van der Waals surface area contributed by atoms with Crippen LogP contribution in [0, 0.1) is 6.92 Å². The van der Waals surface area contributed by atoms with Crippen LogP contribution in [0.25, 0.3) is 0 Å². The molecular formula is C8H11ClN2O2. The normalized spacial score (nSPS) is 8.77. The smallest absolute Gasteiger partial charge is 0.339 e. The maximum Gasteiger partial charge on any atom is 0.339 e. The Balaban J connectivity index is 0.00000144. The van der Waals surface area contributed by atoms with Crippen LogP contribution in [-0.4, -0.2) is 23.1 Å². The highest BCUT2D eigenvalue weighted by molar-refractivity contribution is 5.93. The van der Waals surface area contributed by atoms with Gasteiger partial charge in [-0.05, 0) is 13.0 Å². The molecule has 0 bridgehead atoms. The van der Waals surface area contributed by atoms with E-state index in [1.807, 2.05) is 6.92 Å². The lowest BCUT2D eigenvalue weighted by Gasteiger charge is -2.04. The average molecular weight is 203 g/mol. The van der Waals surface area contributed by atoms with Crippen molar-refractivity contribution < 1.29 is 9.90 Å². The molecule has 0 spiro atoms. The Morgan fingerprint density at radius 3 is 2.69 bits per heavy atom. The van der Waals surface area contributed by atoms with Gasteiger partial charge in [0.05, 0.1) is 5.69 Å². The molecule has 72 valence electrons. The highest BCUT2D eigenvalue weighted by atomic mass is 35.5. The van der Waals surface area contributed by atoms with E-state index in [9.17, 15) is 4.79 Å². The third-order valence-electron chi connectivity index (χ3n) is 1.54. The van der Waals surface area contributed by atoms with E-state index in [-0.39, 0.29) is 18.0 Å². The molecular weight excluding hydrogens is 192 g/mol. The first-order valence-corrected chi connectivity index (χ1v) is 3.53. The van der Waals surface area contributed by atoms with E-state index in [4.69, 9.17) is 5.11 Å². The van der Waals surface area contributed by atoms with Crippen LogP contribution in [0.2, 0.25) is 0 Å². The summed E-state index contributed by atoms with van der Waals surface area (Å²) in [5.74, 6) is -0.966. The van der Waals surface area contributed by atoms with Gasteiger partial charge in [0.15, 0.2) is 0 Å². The second kappa shape index (κ2) is 4.67. The van der Waals surface area contributed by atoms with Crippen LogP contribution in [-0.2, 0) is 0 Å². The van der Waals surface area contributed by atoms with Crippen LogP contribution in [0.15, 0.2) is 12.3 Å². The van der Waals surface area contributed by atoms with Crippen LogP contribution >= 0.6 is 12.4 Å². The predicted octanol–water partition coefficient (Wildman–Crippen LogP) is 1.55. The van der Waals surface area contributed by atoms with Gasteiger partial charge < -0.3 is 10.4 Å². The topological polar surface area (TPSA) is 62.2 Å². The second-order valence-corrected chi connectivity index (χ2v) is 2.43. The number of hydrogen-bond donors (Lipinski definition) is 2. The molecule has 13 heavy (non-hydrogen) atoms. The number of carbonyl (C=O) groups is 1. The highest BCUT2D eigenvalue weighted by Crippen LogP contribution is 2.14. The summed E-state index contributed by atoms with van der Waals surface area (Å²) in [6.07, 6.45) is 1.35. The lowest BCUT2D eigenvalue weighted by atomic mass is 10.2. The first-order chi connectivity index (χ1) is 5.65. The van der Waals surface area contributed by atoms with Gasteiger partial charge in [0.25, 0.3) is 0 Å². The number of aryl methyl sites for hydroxylation is 1. The van der Waals surface area contributed by atoms with Crippen LogP contribution in [0.3, 0.4) is 0 Å². The number of hydrogen-bond acceptors (Lipinski definition) is 3. The fourth-order valence-electron chi connectivity index (χ4n) is 0.937. The van der Waals surface area contributed by atoms with E-state index < -0.39 is 5.97 Å². The summed E-state index contributed by atoms with van der Waals surface area (Å²) in [5.41, 5.74) is 1.59. The molecule has 1 rings (SSSR count). The average Bonchev–Trinajstić information content (AvgIpc) is 2.03. The van der Waals surface area contributed by atoms with E-state index in [0.717, 1.165) is 5.69 Å². The lowest BCUT2D eigenvalue weighted by molar-refractivity contribution is 0.0697. The number of nitrogens with zero attached hydrogens (tertiary/aromatic N) is 1. The molecule has 0 amide bonds. The zero-order chi connectivity index (χ0) is 9.14. The zero-order valence-corrected chi connectivity index (χ0v) is 8.18. The number of rotatable bonds is 2. The van der Waals surface area contributed by atoms with E-state index in [2.05, 4.69) is 10.3 Å². The fraction of sp³-hybridized carbons (Fsp3) is 0.250. The zero-order valence-electron chi connectivity index (χ0n) is 7.37. The molecule has 2 N–H and O–H groups in total. The SMILES string of the molecule is CNc1cc(C)ncc1C(=O)O.Cl. The van der Waals surface area contributed by atoms with E-state index in [1.165, 1.54) is 6.20 Å². The molecule has 1 aromatic rings. The van der Waals surface area contributed by atoms with Gasteiger partial charge in [-0.3, -0.25) is 4.98 Å². The van der Waals surface area contributed by atoms with Crippen LogP contribution in [0.5, 0.6) is 0 Å². The Hall–Kier alpha value is -1.29. The third kappa shape index (κ3) is 2.59. The number of nitrogens with one attached hydrogen (secondary N) is 1. The quantitative estimate of drug-likeness (QED) is 0.764. The standard InChI is InChI=1S/C8H10N2O2.ClH/c1-5-3-7(9-2)6(4-10-5)8(11)12;/h3-4H,1-2H3,(H,9,10)(H,11,12);1H. The van der Waals surface area contributed by atoms with Crippen molar-refractivity contribution in [2.45, 2.75) is 6.92 Å². The summed E-state index contributed by atoms with van der Waals surface area (Å²) in [5, 5.41) is 11.5. The monoisotopic (exact) mass is 202 g/mol. The third-order valence-corrected chi connectivity index (χ3v) is 1.54. The van der Waals surface area contributed by atoms with Crippen molar-refractivity contribution in [3.05, 3.63) is 23.5 Å². The van der Waals surface area contributed by atoms with Crippen LogP contribution in [0.4, 0.5) is 5.69 Å². The van der Waals surface area contributed by atoms with Crippen molar-refractivity contribution in [3.8, 4) is 0 Å². The molecule has 1 heterocycles. The van der Waals surface area contributed by atoms with Gasteiger partial charge in [-0.15, -0.1) is 12.4 Å². The molecule has 0 atom stereocenters. The predicted molar refractivity (Wildman–Crippen MR) is 52.7 cm³/mol. The van der Waals surface area contributed by atoms with Crippen molar-refractivity contribution in [2.75, 3.05) is 12.4 Å². The summed E-state index contributed by atoms with van der Waals surface area (Å²) >= 11 is 0. The molecule has 0 aliphatic carbocycles. The Morgan fingerprint density at radius 2 is 2.23 bits per heavy atom. The minimum atomic E-state index is -0.966. The minimum Gasteiger partial charge on any atom is -0.478 e. The maximum atomic E-state index is 10.6. The summed E-state index contributed by atoms with van der Waals surface area (Å²) in [4.78, 5) is 14.5. The van der Waals surface area contributed by atoms with E-state index in [1.54, 1.807) is 13.1 Å². The largest absolute Gasteiger partial charge is 0.478 e. The Labute approximate surface area is 82.4 Å². The molecule has 4 nitrogen and oxygen atoms in total. The molecule has 0 fully saturated rings. The van der Waals surface area contributed by atoms with Crippen molar-refractivity contribution >= 4 is 24.1 Å². The first-order valence-electron chi connectivity index (χ1n) is 3.53. The van der Waals surface area contributed by atoms with Crippen molar-refractivity contribution in [2.24, 2.45) is 0 Å². The first kappa shape index (κ1) is 11.7. The molecule has 0 saturated carbocycles. The number of carboxylic acids is 1. The molecule has 0 aromatic carbocycles. The summed E-state index contributed by atoms with van der Waals surface area (Å²) in [6.45, 7) is 1.81. The summed E-state index contributed by atoms with van der Waals surface area (Å²) in [6, 6.07) is 1.70. The molecule has 0 saturated heterocycles. The number of pyridine rings is 1.